The van der Waals surface area contributed by atoms with Gasteiger partial charge in [0, 0.05) is 10.6 Å². The molecule has 3 nitrogen and oxygen atoms in total. The van der Waals surface area contributed by atoms with Crippen LogP contribution >= 0.6 is 23.1 Å². The molecule has 1 aliphatic rings. The monoisotopic (exact) mass is 370 g/mol. The molecular weight excluding hydrogens is 348 g/mol. The van der Waals surface area contributed by atoms with Crippen molar-refractivity contribution < 1.29 is 4.79 Å². The Bertz CT molecular complexity index is 820. The first-order chi connectivity index (χ1) is 12.1. The number of anilines is 1. The van der Waals surface area contributed by atoms with Crippen LogP contribution in [0.1, 0.15) is 40.5 Å². The lowest BCUT2D eigenvalue weighted by atomic mass is 9.89. The van der Waals surface area contributed by atoms with Gasteiger partial charge in [0.05, 0.1) is 11.3 Å². The molecule has 0 radical (unpaired) electrons. The van der Waals surface area contributed by atoms with Crippen molar-refractivity contribution in [1.29, 1.82) is 5.26 Å². The zero-order valence-corrected chi connectivity index (χ0v) is 16.2. The number of fused-ring (bicyclic) bond motifs is 1. The number of hydrogen-bond acceptors (Lipinski definition) is 4. The summed E-state index contributed by atoms with van der Waals surface area (Å²) in [5.74, 6) is 1.86. The van der Waals surface area contributed by atoms with Gasteiger partial charge in [0.2, 0.25) is 5.91 Å². The summed E-state index contributed by atoms with van der Waals surface area (Å²) in [5.41, 5.74) is 4.36. The van der Waals surface area contributed by atoms with Crippen LogP contribution in [0.4, 0.5) is 5.00 Å². The first-order valence-corrected chi connectivity index (χ1v) is 10.5. The summed E-state index contributed by atoms with van der Waals surface area (Å²) in [5, 5.41) is 13.2. The maximum Gasteiger partial charge on any atom is 0.235 e. The Hall–Kier alpha value is -1.77. The molecule has 1 N–H and O–H groups in total. The van der Waals surface area contributed by atoms with Crippen LogP contribution in [0.15, 0.2) is 24.3 Å². The molecule has 0 saturated carbocycles. The third-order valence-corrected chi connectivity index (χ3v) is 6.78. The van der Waals surface area contributed by atoms with Gasteiger partial charge in [-0.1, -0.05) is 31.2 Å². The second-order valence-electron chi connectivity index (χ2n) is 6.64. The van der Waals surface area contributed by atoms with Gasteiger partial charge < -0.3 is 5.32 Å². The molecule has 0 aliphatic heterocycles. The van der Waals surface area contributed by atoms with Crippen LogP contribution in [-0.4, -0.2) is 11.7 Å². The van der Waals surface area contributed by atoms with Crippen molar-refractivity contribution in [3.63, 3.8) is 0 Å². The van der Waals surface area contributed by atoms with Crippen molar-refractivity contribution in [3.8, 4) is 6.07 Å². The van der Waals surface area contributed by atoms with E-state index in [4.69, 9.17) is 0 Å². The first-order valence-electron chi connectivity index (χ1n) is 8.55. The third-order valence-electron chi connectivity index (χ3n) is 4.63. The molecular formula is C20H22N2OS2. The smallest absolute Gasteiger partial charge is 0.235 e. The van der Waals surface area contributed by atoms with Gasteiger partial charge in [-0.05, 0) is 48.8 Å². The maximum atomic E-state index is 12.3. The maximum absolute atomic E-state index is 12.3. The van der Waals surface area contributed by atoms with Gasteiger partial charge in [-0.2, -0.15) is 5.26 Å². The van der Waals surface area contributed by atoms with Crippen LogP contribution in [0.3, 0.4) is 0 Å². The molecule has 1 aromatic heterocycles. The Morgan fingerprint density at radius 2 is 2.24 bits per heavy atom. The summed E-state index contributed by atoms with van der Waals surface area (Å²) < 4.78 is 0. The molecule has 130 valence electrons. The number of nitrogens with zero attached hydrogens (tertiary/aromatic N) is 1. The minimum atomic E-state index is -0.0262. The normalized spacial score (nSPS) is 16.1. The lowest BCUT2D eigenvalue weighted by molar-refractivity contribution is -0.113. The second-order valence-corrected chi connectivity index (χ2v) is 8.73. The number of amides is 1. The number of thiophene rings is 1. The summed E-state index contributed by atoms with van der Waals surface area (Å²) >= 11 is 3.19. The Labute approximate surface area is 157 Å². The van der Waals surface area contributed by atoms with Crippen molar-refractivity contribution in [1.82, 2.24) is 0 Å². The quantitative estimate of drug-likeness (QED) is 0.812. The van der Waals surface area contributed by atoms with Crippen LogP contribution in [0.5, 0.6) is 0 Å². The number of thioether (sulfide) groups is 1. The molecule has 0 fully saturated rings. The number of rotatable bonds is 5. The topological polar surface area (TPSA) is 52.9 Å². The van der Waals surface area contributed by atoms with Crippen LogP contribution in [-0.2, 0) is 23.4 Å². The molecule has 25 heavy (non-hydrogen) atoms. The van der Waals surface area contributed by atoms with Gasteiger partial charge in [-0.3, -0.25) is 4.79 Å². The fraction of sp³-hybridized carbons (Fsp3) is 0.400. The number of nitriles is 1. The minimum Gasteiger partial charge on any atom is -0.316 e. The predicted octanol–water partition coefficient (Wildman–Crippen LogP) is 4.92. The van der Waals surface area contributed by atoms with Crippen LogP contribution < -0.4 is 5.32 Å². The number of hydrogen-bond donors (Lipinski definition) is 1. The van der Waals surface area contributed by atoms with Gasteiger partial charge in [0.1, 0.15) is 11.1 Å². The Kier molecular flexibility index (Phi) is 5.82. The zero-order valence-electron chi connectivity index (χ0n) is 14.6. The number of aryl methyl sites for hydroxylation is 1. The highest BCUT2D eigenvalue weighted by molar-refractivity contribution is 7.99. The van der Waals surface area contributed by atoms with Crippen molar-refractivity contribution >= 4 is 34.0 Å². The zero-order chi connectivity index (χ0) is 17.8. The molecule has 0 unspecified atom stereocenters. The van der Waals surface area contributed by atoms with E-state index in [1.165, 1.54) is 16.0 Å². The molecule has 1 aliphatic carbocycles. The lowest BCUT2D eigenvalue weighted by Gasteiger charge is -2.17. The van der Waals surface area contributed by atoms with E-state index in [0.717, 1.165) is 35.6 Å². The standard InChI is InChI=1S/C20H22N2OS2/c1-13-7-8-16-17(10-21)20(25-18(16)9-13)22-19(23)12-24-11-15-6-4-3-5-14(15)2/h3-6,13H,7-9,11-12H2,1-2H3,(H,22,23)/t13-/m0/s1. The molecule has 1 amide bonds. The van der Waals surface area contributed by atoms with Crippen LogP contribution in [0.25, 0.3) is 0 Å². The van der Waals surface area contributed by atoms with Crippen molar-refractivity contribution in [2.24, 2.45) is 5.92 Å². The number of nitrogens with one attached hydrogen (secondary N) is 1. The highest BCUT2D eigenvalue weighted by Crippen LogP contribution is 2.39. The molecule has 0 saturated heterocycles. The highest BCUT2D eigenvalue weighted by Gasteiger charge is 2.24. The minimum absolute atomic E-state index is 0.0262. The summed E-state index contributed by atoms with van der Waals surface area (Å²) in [6.45, 7) is 4.33. The summed E-state index contributed by atoms with van der Waals surface area (Å²) in [6, 6.07) is 10.5. The number of benzene rings is 1. The third kappa shape index (κ3) is 4.26. The van der Waals surface area contributed by atoms with E-state index >= 15 is 0 Å². The molecule has 0 bridgehead atoms. The second kappa shape index (κ2) is 8.07. The lowest BCUT2D eigenvalue weighted by Crippen LogP contribution is -2.14. The van der Waals surface area contributed by atoms with Gasteiger partial charge in [-0.15, -0.1) is 23.1 Å². The van der Waals surface area contributed by atoms with E-state index in [2.05, 4.69) is 37.4 Å². The van der Waals surface area contributed by atoms with Crippen molar-refractivity contribution in [3.05, 3.63) is 51.4 Å². The molecule has 0 spiro atoms. The molecule has 1 heterocycles. The summed E-state index contributed by atoms with van der Waals surface area (Å²) in [7, 11) is 0. The number of carbonyl (C=O) groups is 1. The van der Waals surface area contributed by atoms with Crippen LogP contribution in [0, 0.1) is 24.2 Å². The Morgan fingerprint density at radius 1 is 1.44 bits per heavy atom. The summed E-state index contributed by atoms with van der Waals surface area (Å²) in [4.78, 5) is 13.6. The Morgan fingerprint density at radius 3 is 3.00 bits per heavy atom. The van der Waals surface area contributed by atoms with Gasteiger partial charge in [-0.25, -0.2) is 0 Å². The largest absolute Gasteiger partial charge is 0.316 e. The predicted molar refractivity (Wildman–Crippen MR) is 106 cm³/mol. The van der Waals surface area contributed by atoms with E-state index in [0.29, 0.717) is 17.2 Å². The van der Waals surface area contributed by atoms with Crippen LogP contribution in [0.2, 0.25) is 0 Å². The van der Waals surface area contributed by atoms with E-state index in [9.17, 15) is 10.1 Å². The van der Waals surface area contributed by atoms with Gasteiger partial charge in [0.15, 0.2) is 0 Å². The Balaban J connectivity index is 1.60. The fourth-order valence-electron chi connectivity index (χ4n) is 3.15. The summed E-state index contributed by atoms with van der Waals surface area (Å²) in [6.07, 6.45) is 3.10. The van der Waals surface area contributed by atoms with E-state index in [-0.39, 0.29) is 5.91 Å². The highest BCUT2D eigenvalue weighted by atomic mass is 32.2. The molecule has 5 heteroatoms. The molecule has 1 aromatic carbocycles. The van der Waals surface area contributed by atoms with Crippen molar-refractivity contribution in [2.45, 2.75) is 38.9 Å². The van der Waals surface area contributed by atoms with Gasteiger partial charge in [0.25, 0.3) is 0 Å². The number of carbonyl (C=O) groups excluding carboxylic acids is 1. The van der Waals surface area contributed by atoms with E-state index in [1.807, 2.05) is 12.1 Å². The van der Waals surface area contributed by atoms with E-state index < -0.39 is 0 Å². The van der Waals surface area contributed by atoms with Gasteiger partial charge >= 0.3 is 0 Å². The molecule has 1 atom stereocenters. The molecule has 3 rings (SSSR count). The van der Waals surface area contributed by atoms with E-state index in [1.54, 1.807) is 23.1 Å². The molecule has 2 aromatic rings. The first kappa shape index (κ1) is 18.0. The average molecular weight is 371 g/mol. The fourth-order valence-corrected chi connectivity index (χ4v) is 5.43. The average Bonchev–Trinajstić information content (AvgIpc) is 2.92. The van der Waals surface area contributed by atoms with Crippen molar-refractivity contribution in [2.75, 3.05) is 11.1 Å². The SMILES string of the molecule is Cc1ccccc1CSCC(=O)Nc1sc2c(c1C#N)CC[C@H](C)C2.